The SMILES string of the molecule is COC(=O)c1cccc(C(=O)NC(C)c2cnn(-c3cccc(F)c3)c2C)c1. The minimum atomic E-state index is -0.505. The van der Waals surface area contributed by atoms with Crippen LogP contribution in [-0.4, -0.2) is 28.8 Å². The molecule has 0 bridgehead atoms. The smallest absolute Gasteiger partial charge is 0.337 e. The van der Waals surface area contributed by atoms with Crippen LogP contribution in [0.25, 0.3) is 5.69 Å². The van der Waals surface area contributed by atoms with E-state index >= 15 is 0 Å². The highest BCUT2D eigenvalue weighted by atomic mass is 19.1. The van der Waals surface area contributed by atoms with Crippen molar-refractivity contribution in [3.63, 3.8) is 0 Å². The molecule has 0 saturated heterocycles. The van der Waals surface area contributed by atoms with Gasteiger partial charge in [-0.1, -0.05) is 12.1 Å². The number of hydrogen-bond donors (Lipinski definition) is 1. The van der Waals surface area contributed by atoms with Gasteiger partial charge in [0.05, 0.1) is 30.6 Å². The van der Waals surface area contributed by atoms with Crippen molar-refractivity contribution in [1.29, 1.82) is 0 Å². The molecule has 0 saturated carbocycles. The number of benzene rings is 2. The molecule has 0 fully saturated rings. The van der Waals surface area contributed by atoms with Crippen LogP contribution in [0.3, 0.4) is 0 Å². The van der Waals surface area contributed by atoms with Gasteiger partial charge in [0.2, 0.25) is 0 Å². The number of nitrogens with one attached hydrogen (secondary N) is 1. The number of hydrogen-bond acceptors (Lipinski definition) is 4. The average molecular weight is 381 g/mol. The maximum atomic E-state index is 13.5. The second-order valence-electron chi connectivity index (χ2n) is 6.34. The molecule has 0 aliphatic rings. The van der Waals surface area contributed by atoms with Crippen molar-refractivity contribution in [3.8, 4) is 5.69 Å². The highest BCUT2D eigenvalue weighted by Gasteiger charge is 2.18. The van der Waals surface area contributed by atoms with E-state index in [0.717, 1.165) is 11.3 Å². The van der Waals surface area contributed by atoms with Crippen LogP contribution in [0.5, 0.6) is 0 Å². The van der Waals surface area contributed by atoms with Crippen molar-refractivity contribution in [3.05, 3.63) is 82.9 Å². The standard InChI is InChI=1S/C21H20FN3O3/c1-13(24-20(26)15-6-4-7-16(10-15)21(27)28-3)19-12-23-25(14(19)2)18-9-5-8-17(22)11-18/h4-13H,1-3H3,(H,24,26). The van der Waals surface area contributed by atoms with Crippen LogP contribution in [0, 0.1) is 12.7 Å². The quantitative estimate of drug-likeness (QED) is 0.686. The summed E-state index contributed by atoms with van der Waals surface area (Å²) in [6.07, 6.45) is 1.65. The lowest BCUT2D eigenvalue weighted by Crippen LogP contribution is -2.27. The van der Waals surface area contributed by atoms with Crippen molar-refractivity contribution in [2.75, 3.05) is 7.11 Å². The van der Waals surface area contributed by atoms with Crippen molar-refractivity contribution < 1.29 is 18.7 Å². The number of rotatable bonds is 5. The van der Waals surface area contributed by atoms with E-state index in [1.54, 1.807) is 41.2 Å². The topological polar surface area (TPSA) is 73.2 Å². The Morgan fingerprint density at radius 1 is 1.14 bits per heavy atom. The van der Waals surface area contributed by atoms with Gasteiger partial charge < -0.3 is 10.1 Å². The Kier molecular flexibility index (Phi) is 5.54. The lowest BCUT2D eigenvalue weighted by molar-refractivity contribution is 0.0600. The molecule has 6 nitrogen and oxygen atoms in total. The van der Waals surface area contributed by atoms with Gasteiger partial charge in [0.1, 0.15) is 5.82 Å². The Bertz CT molecular complexity index is 1030. The molecule has 0 aliphatic heterocycles. The predicted octanol–water partition coefficient (Wildman–Crippen LogP) is 3.60. The van der Waals surface area contributed by atoms with Gasteiger partial charge in [0, 0.05) is 16.8 Å². The molecule has 7 heteroatoms. The maximum Gasteiger partial charge on any atom is 0.337 e. The normalized spacial score (nSPS) is 11.7. The zero-order valence-electron chi connectivity index (χ0n) is 15.8. The fourth-order valence-corrected chi connectivity index (χ4v) is 2.98. The number of aromatic nitrogens is 2. The molecule has 3 rings (SSSR count). The third-order valence-corrected chi connectivity index (χ3v) is 4.46. The van der Waals surface area contributed by atoms with Gasteiger partial charge in [-0.15, -0.1) is 0 Å². The van der Waals surface area contributed by atoms with Crippen molar-refractivity contribution >= 4 is 11.9 Å². The first-order valence-electron chi connectivity index (χ1n) is 8.70. The highest BCUT2D eigenvalue weighted by molar-refractivity contribution is 5.98. The first-order valence-corrected chi connectivity index (χ1v) is 8.70. The number of methoxy groups -OCH3 is 1. The fourth-order valence-electron chi connectivity index (χ4n) is 2.98. The number of halogens is 1. The average Bonchev–Trinajstić information content (AvgIpc) is 3.09. The number of esters is 1. The lowest BCUT2D eigenvalue weighted by Gasteiger charge is -2.14. The summed E-state index contributed by atoms with van der Waals surface area (Å²) >= 11 is 0. The van der Waals surface area contributed by atoms with E-state index in [0.29, 0.717) is 16.8 Å². The molecule has 28 heavy (non-hydrogen) atoms. The van der Waals surface area contributed by atoms with E-state index in [1.807, 2.05) is 13.8 Å². The monoisotopic (exact) mass is 381 g/mol. The minimum Gasteiger partial charge on any atom is -0.465 e. The summed E-state index contributed by atoms with van der Waals surface area (Å²) in [7, 11) is 1.29. The number of amides is 1. The van der Waals surface area contributed by atoms with Gasteiger partial charge in [0.15, 0.2) is 0 Å². The Morgan fingerprint density at radius 2 is 1.86 bits per heavy atom. The van der Waals surface area contributed by atoms with E-state index in [4.69, 9.17) is 0 Å². The number of ether oxygens (including phenoxy) is 1. The zero-order valence-corrected chi connectivity index (χ0v) is 15.8. The van der Waals surface area contributed by atoms with E-state index in [9.17, 15) is 14.0 Å². The van der Waals surface area contributed by atoms with Crippen molar-refractivity contribution in [2.24, 2.45) is 0 Å². The molecule has 1 N–H and O–H groups in total. The molecule has 1 amide bonds. The van der Waals surface area contributed by atoms with Crippen LogP contribution in [0.15, 0.2) is 54.7 Å². The summed E-state index contributed by atoms with van der Waals surface area (Å²) in [5.41, 5.74) is 2.86. The summed E-state index contributed by atoms with van der Waals surface area (Å²) in [6.45, 7) is 3.69. The first kappa shape index (κ1) is 19.3. The maximum absolute atomic E-state index is 13.5. The van der Waals surface area contributed by atoms with Crippen molar-refractivity contribution in [2.45, 2.75) is 19.9 Å². The predicted molar refractivity (Wildman–Crippen MR) is 102 cm³/mol. The first-order chi connectivity index (χ1) is 13.4. The van der Waals surface area contributed by atoms with Crippen LogP contribution < -0.4 is 5.32 Å². The van der Waals surface area contributed by atoms with Crippen LogP contribution >= 0.6 is 0 Å². The summed E-state index contributed by atoms with van der Waals surface area (Å²) in [5, 5.41) is 7.21. The summed E-state index contributed by atoms with van der Waals surface area (Å²) < 4.78 is 19.8. The van der Waals surface area contributed by atoms with Crippen LogP contribution in [0.2, 0.25) is 0 Å². The Labute approximate surface area is 161 Å². The highest BCUT2D eigenvalue weighted by Crippen LogP contribution is 2.21. The molecule has 1 atom stereocenters. The van der Waals surface area contributed by atoms with Gasteiger partial charge in [-0.2, -0.15) is 5.10 Å². The number of nitrogens with zero attached hydrogens (tertiary/aromatic N) is 2. The lowest BCUT2D eigenvalue weighted by atomic mass is 10.1. The van der Waals surface area contributed by atoms with Crippen LogP contribution in [0.4, 0.5) is 4.39 Å². The molecule has 1 heterocycles. The molecular formula is C21H20FN3O3. The number of carbonyl (C=O) groups excluding carboxylic acids is 2. The van der Waals surface area contributed by atoms with Crippen molar-refractivity contribution in [1.82, 2.24) is 15.1 Å². The number of carbonyl (C=O) groups is 2. The largest absolute Gasteiger partial charge is 0.465 e. The molecule has 0 aliphatic carbocycles. The second-order valence-corrected chi connectivity index (χ2v) is 6.34. The summed E-state index contributed by atoms with van der Waals surface area (Å²) in [4.78, 5) is 24.2. The third-order valence-electron chi connectivity index (χ3n) is 4.46. The Balaban J connectivity index is 1.79. The summed E-state index contributed by atoms with van der Waals surface area (Å²) in [5.74, 6) is -1.17. The van der Waals surface area contributed by atoms with Gasteiger partial charge in [-0.25, -0.2) is 13.9 Å². The third kappa shape index (κ3) is 3.93. The molecule has 144 valence electrons. The minimum absolute atomic E-state index is 0.304. The van der Waals surface area contributed by atoms with Gasteiger partial charge >= 0.3 is 5.97 Å². The van der Waals surface area contributed by atoms with Gasteiger partial charge in [0.25, 0.3) is 5.91 Å². The van der Waals surface area contributed by atoms with E-state index in [1.165, 1.54) is 25.3 Å². The molecular weight excluding hydrogens is 361 g/mol. The van der Waals surface area contributed by atoms with E-state index < -0.39 is 5.97 Å². The van der Waals surface area contributed by atoms with Crippen LogP contribution in [-0.2, 0) is 4.74 Å². The second kappa shape index (κ2) is 8.04. The zero-order chi connectivity index (χ0) is 20.3. The molecule has 1 aromatic heterocycles. The van der Waals surface area contributed by atoms with Gasteiger partial charge in [-0.05, 0) is 50.2 Å². The molecule has 2 aromatic carbocycles. The molecule has 1 unspecified atom stereocenters. The Morgan fingerprint density at radius 3 is 2.57 bits per heavy atom. The van der Waals surface area contributed by atoms with E-state index in [-0.39, 0.29) is 17.8 Å². The molecule has 0 spiro atoms. The van der Waals surface area contributed by atoms with Crippen LogP contribution in [0.1, 0.15) is 44.9 Å². The summed E-state index contributed by atoms with van der Waals surface area (Å²) in [6, 6.07) is 12.1. The van der Waals surface area contributed by atoms with E-state index in [2.05, 4.69) is 15.2 Å². The molecule has 0 radical (unpaired) electrons. The Hall–Kier alpha value is -3.48. The molecule has 3 aromatic rings. The van der Waals surface area contributed by atoms with Gasteiger partial charge in [-0.3, -0.25) is 4.79 Å². The fraction of sp³-hybridized carbons (Fsp3) is 0.190.